The summed E-state index contributed by atoms with van der Waals surface area (Å²) >= 11 is 9.51. The van der Waals surface area contributed by atoms with Gasteiger partial charge in [-0.15, -0.1) is 0 Å². The highest BCUT2D eigenvalue weighted by molar-refractivity contribution is 9.10. The molecule has 0 aliphatic heterocycles. The van der Waals surface area contributed by atoms with Crippen LogP contribution in [0.3, 0.4) is 0 Å². The zero-order chi connectivity index (χ0) is 18.5. The van der Waals surface area contributed by atoms with Gasteiger partial charge in [-0.2, -0.15) is 4.98 Å². The topological polar surface area (TPSA) is 71.3 Å². The number of urea groups is 1. The molecule has 6 nitrogen and oxygen atoms in total. The van der Waals surface area contributed by atoms with E-state index in [9.17, 15) is 4.79 Å². The molecule has 0 fully saturated rings. The van der Waals surface area contributed by atoms with Crippen LogP contribution in [0.1, 0.15) is 5.82 Å². The predicted octanol–water partition coefficient (Wildman–Crippen LogP) is 4.86. The molecule has 3 aromatic rings. The summed E-state index contributed by atoms with van der Waals surface area (Å²) in [6.45, 7) is 0.446. The molecule has 2 aromatic carbocycles. The number of benzene rings is 2. The van der Waals surface area contributed by atoms with E-state index in [1.54, 1.807) is 18.0 Å². The minimum absolute atomic E-state index is 0.210. The molecule has 0 unspecified atom stereocenters. The molecule has 3 rings (SSSR count). The van der Waals surface area contributed by atoms with Crippen molar-refractivity contribution in [3.8, 4) is 11.5 Å². The van der Waals surface area contributed by atoms with Crippen molar-refractivity contribution < 1.29 is 9.32 Å². The lowest BCUT2D eigenvalue weighted by molar-refractivity contribution is 0.222. The lowest BCUT2D eigenvalue weighted by Crippen LogP contribution is -2.33. The number of nitrogens with one attached hydrogen (secondary N) is 1. The van der Waals surface area contributed by atoms with Crippen molar-refractivity contribution in [3.63, 3.8) is 0 Å². The van der Waals surface area contributed by atoms with Gasteiger partial charge in [-0.05, 0) is 30.3 Å². The van der Waals surface area contributed by atoms with Gasteiger partial charge >= 0.3 is 6.03 Å². The Bertz CT molecular complexity index is 915. The normalized spacial score (nSPS) is 10.6. The molecule has 1 aromatic heterocycles. The number of likely N-dealkylation sites (N-methyl/N-ethyl adjacent to an activating group) is 1. The van der Waals surface area contributed by atoms with Gasteiger partial charge in [-0.3, -0.25) is 0 Å². The highest BCUT2D eigenvalue weighted by Crippen LogP contribution is 2.25. The van der Waals surface area contributed by atoms with E-state index in [1.165, 1.54) is 0 Å². The number of anilines is 1. The van der Waals surface area contributed by atoms with Gasteiger partial charge in [-0.25, -0.2) is 4.79 Å². The van der Waals surface area contributed by atoms with Gasteiger partial charge in [0.15, 0.2) is 5.82 Å². The standard InChI is InChI=1S/C18H16BrClN4O2/c1-24(18(25)21-13-6-4-5-12(19)11-13)10-9-16-22-17(26-23-16)14-7-2-3-8-15(14)20/h2-8,11H,9-10H2,1H3,(H,21,25). The van der Waals surface area contributed by atoms with Crippen LogP contribution < -0.4 is 5.32 Å². The van der Waals surface area contributed by atoms with Crippen molar-refractivity contribution in [1.82, 2.24) is 15.0 Å². The zero-order valence-corrected chi connectivity index (χ0v) is 16.3. The molecule has 0 aliphatic carbocycles. The number of aromatic nitrogens is 2. The summed E-state index contributed by atoms with van der Waals surface area (Å²) in [5, 5.41) is 7.33. The molecule has 8 heteroatoms. The summed E-state index contributed by atoms with van der Waals surface area (Å²) in [5.74, 6) is 0.883. The van der Waals surface area contributed by atoms with Crippen molar-refractivity contribution in [3.05, 3.63) is 63.9 Å². The minimum Gasteiger partial charge on any atom is -0.334 e. The molecule has 0 atom stereocenters. The van der Waals surface area contributed by atoms with E-state index in [0.717, 1.165) is 10.2 Å². The maximum Gasteiger partial charge on any atom is 0.321 e. The maximum atomic E-state index is 12.2. The molecule has 0 aliphatic rings. The van der Waals surface area contributed by atoms with Gasteiger partial charge in [0.1, 0.15) is 0 Å². The highest BCUT2D eigenvalue weighted by atomic mass is 79.9. The third-order valence-electron chi connectivity index (χ3n) is 3.67. The zero-order valence-electron chi connectivity index (χ0n) is 13.9. The van der Waals surface area contributed by atoms with E-state index in [-0.39, 0.29) is 6.03 Å². The Balaban J connectivity index is 1.57. The smallest absolute Gasteiger partial charge is 0.321 e. The van der Waals surface area contributed by atoms with Crippen LogP contribution in [-0.2, 0) is 6.42 Å². The molecule has 0 saturated carbocycles. The van der Waals surface area contributed by atoms with Crippen LogP contribution in [0.15, 0.2) is 57.5 Å². The van der Waals surface area contributed by atoms with Crippen LogP contribution in [0, 0.1) is 0 Å². The van der Waals surface area contributed by atoms with Crippen molar-refractivity contribution in [2.75, 3.05) is 18.9 Å². The molecule has 1 heterocycles. The van der Waals surface area contributed by atoms with E-state index in [0.29, 0.717) is 35.3 Å². The van der Waals surface area contributed by atoms with Crippen molar-refractivity contribution in [2.24, 2.45) is 0 Å². The third-order valence-corrected chi connectivity index (χ3v) is 4.49. The maximum absolute atomic E-state index is 12.2. The number of halogens is 2. The average molecular weight is 436 g/mol. The van der Waals surface area contributed by atoms with Crippen LogP contribution in [0.5, 0.6) is 0 Å². The summed E-state index contributed by atoms with van der Waals surface area (Å²) in [4.78, 5) is 18.1. The summed E-state index contributed by atoms with van der Waals surface area (Å²) < 4.78 is 6.16. The van der Waals surface area contributed by atoms with Gasteiger partial charge in [0, 0.05) is 30.2 Å². The van der Waals surface area contributed by atoms with Crippen LogP contribution >= 0.6 is 27.5 Å². The molecule has 2 amide bonds. The SMILES string of the molecule is CN(CCc1noc(-c2ccccc2Cl)n1)C(=O)Nc1cccc(Br)c1. The van der Waals surface area contributed by atoms with Gasteiger partial charge < -0.3 is 14.7 Å². The van der Waals surface area contributed by atoms with Gasteiger partial charge in [0.25, 0.3) is 5.89 Å². The summed E-state index contributed by atoms with van der Waals surface area (Å²) in [6, 6.07) is 14.5. The Morgan fingerprint density at radius 1 is 1.27 bits per heavy atom. The first-order valence-corrected chi connectivity index (χ1v) is 9.05. The Labute approximate surface area is 164 Å². The fourth-order valence-corrected chi connectivity index (χ4v) is 2.87. The lowest BCUT2D eigenvalue weighted by Gasteiger charge is -2.17. The molecular weight excluding hydrogens is 420 g/mol. The molecule has 26 heavy (non-hydrogen) atoms. The third kappa shape index (κ3) is 4.62. The van der Waals surface area contributed by atoms with Crippen molar-refractivity contribution >= 4 is 39.2 Å². The summed E-state index contributed by atoms with van der Waals surface area (Å²) in [7, 11) is 1.71. The molecule has 0 bridgehead atoms. The minimum atomic E-state index is -0.210. The number of hydrogen-bond donors (Lipinski definition) is 1. The van der Waals surface area contributed by atoms with Crippen LogP contribution in [-0.4, -0.2) is 34.7 Å². The Kier molecular flexibility index (Phi) is 5.90. The van der Waals surface area contributed by atoms with Crippen molar-refractivity contribution in [1.29, 1.82) is 0 Å². The highest BCUT2D eigenvalue weighted by Gasteiger charge is 2.14. The summed E-state index contributed by atoms with van der Waals surface area (Å²) in [5.41, 5.74) is 1.41. The van der Waals surface area contributed by atoms with Crippen LogP contribution in [0.2, 0.25) is 5.02 Å². The Morgan fingerprint density at radius 3 is 2.85 bits per heavy atom. The van der Waals surface area contributed by atoms with Gasteiger partial charge in [-0.1, -0.05) is 50.9 Å². The monoisotopic (exact) mass is 434 g/mol. The van der Waals surface area contributed by atoms with E-state index in [4.69, 9.17) is 16.1 Å². The molecule has 134 valence electrons. The van der Waals surface area contributed by atoms with Gasteiger partial charge in [0.05, 0.1) is 10.6 Å². The quantitative estimate of drug-likeness (QED) is 0.621. The second-order valence-corrected chi connectivity index (χ2v) is 6.93. The van der Waals surface area contributed by atoms with Gasteiger partial charge in [0.2, 0.25) is 0 Å². The number of hydrogen-bond acceptors (Lipinski definition) is 4. The fraction of sp³-hybridized carbons (Fsp3) is 0.167. The second kappa shape index (κ2) is 8.33. The van der Waals surface area contributed by atoms with Crippen LogP contribution in [0.25, 0.3) is 11.5 Å². The Morgan fingerprint density at radius 2 is 2.08 bits per heavy atom. The predicted molar refractivity (Wildman–Crippen MR) is 104 cm³/mol. The number of amides is 2. The molecule has 0 saturated heterocycles. The van der Waals surface area contributed by atoms with E-state index in [1.807, 2.05) is 42.5 Å². The molecule has 0 radical (unpaired) electrons. The van der Waals surface area contributed by atoms with E-state index in [2.05, 4.69) is 31.4 Å². The molecular formula is C18H16BrClN4O2. The number of nitrogens with zero attached hydrogens (tertiary/aromatic N) is 3. The van der Waals surface area contributed by atoms with Crippen molar-refractivity contribution in [2.45, 2.75) is 6.42 Å². The largest absolute Gasteiger partial charge is 0.334 e. The molecule has 1 N–H and O–H groups in total. The Hall–Kier alpha value is -2.38. The number of carbonyl (C=O) groups is 1. The van der Waals surface area contributed by atoms with E-state index >= 15 is 0 Å². The average Bonchev–Trinajstić information content (AvgIpc) is 3.09. The second-order valence-electron chi connectivity index (χ2n) is 5.61. The first kappa shape index (κ1) is 18.4. The number of carbonyl (C=O) groups excluding carboxylic acids is 1. The summed E-state index contributed by atoms with van der Waals surface area (Å²) in [6.07, 6.45) is 0.469. The first-order valence-electron chi connectivity index (χ1n) is 7.88. The molecule has 0 spiro atoms. The van der Waals surface area contributed by atoms with E-state index < -0.39 is 0 Å². The van der Waals surface area contributed by atoms with Crippen LogP contribution in [0.4, 0.5) is 10.5 Å². The lowest BCUT2D eigenvalue weighted by atomic mass is 10.2. The number of rotatable bonds is 5. The fourth-order valence-electron chi connectivity index (χ4n) is 2.25. The first-order chi connectivity index (χ1) is 12.5.